The number of rotatable bonds is 25. The highest BCUT2D eigenvalue weighted by Crippen LogP contribution is 2.38. The third-order valence-corrected chi connectivity index (χ3v) is 9.05. The van der Waals surface area contributed by atoms with Crippen LogP contribution in [0.4, 0.5) is 23.1 Å². The van der Waals surface area contributed by atoms with Crippen LogP contribution < -0.4 is 21.1 Å². The number of unbranched alkanes of at least 4 members (excludes halogenated alkanes) is 15. The number of para-hydroxylation sites is 1. The first-order valence-corrected chi connectivity index (χ1v) is 19.3. The molecule has 0 amide bonds. The fourth-order valence-electron chi connectivity index (χ4n) is 5.98. The summed E-state index contributed by atoms with van der Waals surface area (Å²) in [5.41, 5.74) is 7.21. The maximum Gasteiger partial charge on any atom is 0.350 e. The zero-order valence-corrected chi connectivity index (χ0v) is 29.0. The molecule has 4 N–H and O–H groups in total. The smallest absolute Gasteiger partial charge is 0.350 e. The van der Waals surface area contributed by atoms with E-state index in [2.05, 4.69) is 11.9 Å². The van der Waals surface area contributed by atoms with Gasteiger partial charge in [-0.15, -0.1) is 0 Å². The van der Waals surface area contributed by atoms with Gasteiger partial charge < -0.3 is 34.8 Å². The molecule has 2 aromatic rings. The highest BCUT2D eigenvalue weighted by molar-refractivity contribution is 7.51. The highest BCUT2D eigenvalue weighted by atomic mass is 31.2. The van der Waals surface area contributed by atoms with Crippen molar-refractivity contribution in [2.75, 3.05) is 48.3 Å². The minimum Gasteiger partial charge on any atom is -0.369 e. The van der Waals surface area contributed by atoms with Gasteiger partial charge in [-0.25, -0.2) is 0 Å². The highest BCUT2D eigenvalue weighted by Gasteiger charge is 2.34. The first kappa shape index (κ1) is 38.0. The van der Waals surface area contributed by atoms with E-state index in [0.29, 0.717) is 24.8 Å². The van der Waals surface area contributed by atoms with Gasteiger partial charge in [-0.05, 0) is 25.5 Å². The second kappa shape index (κ2) is 20.7. The summed E-state index contributed by atoms with van der Waals surface area (Å²) < 4.78 is 23.8. The Balaban J connectivity index is 1.41. The fraction of sp³-hybridized carbons (Fsp3) is 0.706. The third-order valence-electron chi connectivity index (χ3n) is 8.54. The van der Waals surface area contributed by atoms with Gasteiger partial charge in [0, 0.05) is 18.8 Å². The van der Waals surface area contributed by atoms with Crippen LogP contribution in [0.3, 0.4) is 0 Å². The second-order valence-corrected chi connectivity index (χ2v) is 14.0. The van der Waals surface area contributed by atoms with Crippen LogP contribution in [0.15, 0.2) is 35.1 Å². The number of ether oxygens (including phenoxy) is 2. The predicted molar refractivity (Wildman–Crippen MR) is 187 cm³/mol. The summed E-state index contributed by atoms with van der Waals surface area (Å²) in [6, 6.07) is 9.52. The van der Waals surface area contributed by atoms with Crippen LogP contribution >= 0.6 is 7.60 Å². The molecule has 1 aromatic carbocycles. The zero-order valence-electron chi connectivity index (χ0n) is 28.2. The molecule has 3 rings (SSSR count). The van der Waals surface area contributed by atoms with Gasteiger partial charge in [-0.1, -0.05) is 121 Å². The van der Waals surface area contributed by atoms with Crippen molar-refractivity contribution in [2.24, 2.45) is 0 Å². The first-order valence-electron chi connectivity index (χ1n) is 17.5. The molecule has 46 heavy (non-hydrogen) atoms. The molecule has 0 fully saturated rings. The average Bonchev–Trinajstić information content (AvgIpc) is 3.39. The molecule has 1 aliphatic rings. The minimum absolute atomic E-state index is 0.0523. The summed E-state index contributed by atoms with van der Waals surface area (Å²) in [5.74, 6) is 0.464. The van der Waals surface area contributed by atoms with Crippen LogP contribution in [-0.4, -0.2) is 52.1 Å². The normalized spacial score (nSPS) is 13.8. The molecular weight excluding hydrogens is 605 g/mol. The molecule has 1 atom stereocenters. The number of benzene rings is 1. The Kier molecular flexibility index (Phi) is 17.1. The Morgan fingerprint density at radius 1 is 0.870 bits per heavy atom. The van der Waals surface area contributed by atoms with Crippen molar-refractivity contribution < 1.29 is 23.8 Å². The number of nitrogen functional groups attached to an aromatic ring is 1. The molecule has 0 saturated carbocycles. The van der Waals surface area contributed by atoms with Crippen molar-refractivity contribution >= 4 is 30.7 Å². The van der Waals surface area contributed by atoms with Crippen molar-refractivity contribution in [1.29, 1.82) is 0 Å². The molecule has 2 heterocycles. The van der Waals surface area contributed by atoms with Gasteiger partial charge >= 0.3 is 7.60 Å². The number of aromatic nitrogens is 2. The number of nitrogens with two attached hydrogens (primary N) is 1. The van der Waals surface area contributed by atoms with Crippen molar-refractivity contribution in [1.82, 2.24) is 9.55 Å². The fourth-order valence-corrected chi connectivity index (χ4v) is 6.34. The van der Waals surface area contributed by atoms with Crippen LogP contribution in [-0.2, 0) is 14.0 Å². The molecule has 12 heteroatoms. The van der Waals surface area contributed by atoms with E-state index in [1.54, 1.807) is 0 Å². The molecule has 1 aliphatic heterocycles. The average molecular weight is 664 g/mol. The van der Waals surface area contributed by atoms with Crippen LogP contribution in [0.1, 0.15) is 123 Å². The van der Waals surface area contributed by atoms with E-state index in [-0.39, 0.29) is 24.7 Å². The van der Waals surface area contributed by atoms with Crippen LogP contribution in [0, 0.1) is 0 Å². The maximum absolute atomic E-state index is 13.9. The summed E-state index contributed by atoms with van der Waals surface area (Å²) in [6.07, 6.45) is 19.7. The number of hydrogen-bond acceptors (Lipinski definition) is 8. The van der Waals surface area contributed by atoms with Crippen LogP contribution in [0.5, 0.6) is 0 Å². The Morgan fingerprint density at radius 3 is 1.96 bits per heavy atom. The van der Waals surface area contributed by atoms with E-state index in [4.69, 9.17) is 25.0 Å². The lowest BCUT2D eigenvalue weighted by Gasteiger charge is -2.21. The number of anilines is 4. The molecule has 0 aliphatic carbocycles. The van der Waals surface area contributed by atoms with Crippen molar-refractivity contribution in [2.45, 2.75) is 123 Å². The molecule has 11 nitrogen and oxygen atoms in total. The summed E-state index contributed by atoms with van der Waals surface area (Å²) >= 11 is 0. The summed E-state index contributed by atoms with van der Waals surface area (Å²) in [5, 5.41) is 0. The zero-order chi connectivity index (χ0) is 33.2. The minimum atomic E-state index is -4.27. The van der Waals surface area contributed by atoms with E-state index in [9.17, 15) is 9.36 Å². The molecule has 1 unspecified atom stereocenters. The summed E-state index contributed by atoms with van der Waals surface area (Å²) in [6.45, 7) is 5.26. The molecule has 260 valence electrons. The Hall–Kier alpha value is -2.43. The van der Waals surface area contributed by atoms with Gasteiger partial charge in [0.2, 0.25) is 5.95 Å². The van der Waals surface area contributed by atoms with Gasteiger partial charge in [0.25, 0.3) is 5.56 Å². The van der Waals surface area contributed by atoms with Crippen molar-refractivity contribution in [3.63, 3.8) is 0 Å². The largest absolute Gasteiger partial charge is 0.369 e. The van der Waals surface area contributed by atoms with Gasteiger partial charge in [0.05, 0.1) is 13.3 Å². The molecule has 1 aromatic heterocycles. The lowest BCUT2D eigenvalue weighted by atomic mass is 10.0. The number of fused-ring (bicyclic) bond motifs is 1. The third kappa shape index (κ3) is 13.0. The van der Waals surface area contributed by atoms with Gasteiger partial charge in [-0.2, -0.15) is 4.98 Å². The number of nitrogens with zero attached hydrogens (tertiary/aromatic N) is 4. The first-order chi connectivity index (χ1) is 22.2. The Labute approximate surface area is 275 Å². The van der Waals surface area contributed by atoms with E-state index >= 15 is 0 Å². The standard InChI is InChI=1S/C34H58N5O6P/c1-3-4-5-6-7-8-9-10-11-12-13-14-15-16-17-21-25-45-29(2)39-33(40)31-32(36-34(39)35)37(24-26-44-28-46(41,42)43)27-38(31)30-22-19-18-20-23-30/h18-20,22-23,29H,3-17,21,24-28H2,1-2H3,(H2,35,36)(H2,41,42,43). The number of hydrogen-bond donors (Lipinski definition) is 3. The second-order valence-electron chi connectivity index (χ2n) is 12.5. The summed E-state index contributed by atoms with van der Waals surface area (Å²) in [4.78, 5) is 40.3. The molecule has 0 bridgehead atoms. The molecular formula is C34H58N5O6P. The van der Waals surface area contributed by atoms with Crippen molar-refractivity contribution in [3.8, 4) is 0 Å². The molecule has 0 radical (unpaired) electrons. The van der Waals surface area contributed by atoms with Gasteiger partial charge in [0.1, 0.15) is 12.6 Å². The van der Waals surface area contributed by atoms with E-state index in [0.717, 1.165) is 18.5 Å². The Bertz CT molecular complexity index is 1240. The topological polar surface area (TPSA) is 143 Å². The van der Waals surface area contributed by atoms with Crippen molar-refractivity contribution in [3.05, 3.63) is 40.7 Å². The lowest BCUT2D eigenvalue weighted by Crippen LogP contribution is -2.32. The van der Waals surface area contributed by atoms with E-state index in [1.165, 1.54) is 94.5 Å². The predicted octanol–water partition coefficient (Wildman–Crippen LogP) is 7.69. The summed E-state index contributed by atoms with van der Waals surface area (Å²) in [7, 11) is -4.27. The molecule has 0 saturated heterocycles. The Morgan fingerprint density at radius 2 is 1.41 bits per heavy atom. The van der Waals surface area contributed by atoms with Gasteiger partial charge in [-0.3, -0.25) is 13.9 Å². The quantitative estimate of drug-likeness (QED) is 0.0714. The van der Waals surface area contributed by atoms with E-state index < -0.39 is 20.2 Å². The SMILES string of the molecule is CCCCCCCCCCCCCCCCCCOC(C)n1c(N)nc2c(c1=O)N(c1ccccc1)CN2CCOCP(=O)(O)O. The van der Waals surface area contributed by atoms with Crippen LogP contribution in [0.25, 0.3) is 0 Å². The lowest BCUT2D eigenvalue weighted by molar-refractivity contribution is 0.0129. The van der Waals surface area contributed by atoms with Gasteiger partial charge in [0.15, 0.2) is 11.5 Å². The maximum atomic E-state index is 13.9. The monoisotopic (exact) mass is 663 g/mol. The van der Waals surface area contributed by atoms with Crippen LogP contribution in [0.2, 0.25) is 0 Å². The molecule has 0 spiro atoms. The van der Waals surface area contributed by atoms with E-state index in [1.807, 2.05) is 47.1 Å².